The number of rotatable bonds is 7. The van der Waals surface area contributed by atoms with Crippen molar-refractivity contribution in [2.24, 2.45) is 0 Å². The second-order valence-corrected chi connectivity index (χ2v) is 6.96. The molecule has 1 aliphatic rings. The smallest absolute Gasteiger partial charge is 0.220 e. The van der Waals surface area contributed by atoms with Crippen LogP contribution in [0.5, 0.6) is 0 Å². The monoisotopic (exact) mass is 407 g/mol. The van der Waals surface area contributed by atoms with E-state index in [1.807, 2.05) is 18.2 Å². The number of benzene rings is 1. The van der Waals surface area contributed by atoms with E-state index in [0.717, 1.165) is 49.5 Å². The van der Waals surface area contributed by atoms with Gasteiger partial charge in [-0.25, -0.2) is 0 Å². The third-order valence-electron chi connectivity index (χ3n) is 3.38. The average molecular weight is 409 g/mol. The van der Waals surface area contributed by atoms with E-state index >= 15 is 0 Å². The molecule has 1 amide bonds. The third-order valence-corrected chi connectivity index (χ3v) is 5.41. The Morgan fingerprint density at radius 1 is 1.32 bits per heavy atom. The molecule has 0 saturated carbocycles. The molecule has 0 unspecified atom stereocenters. The lowest BCUT2D eigenvalue weighted by Gasteiger charge is -2.27. The van der Waals surface area contributed by atoms with Gasteiger partial charge in [0.2, 0.25) is 5.91 Å². The van der Waals surface area contributed by atoms with Gasteiger partial charge in [0, 0.05) is 60.8 Å². The van der Waals surface area contributed by atoms with E-state index < -0.39 is 0 Å². The summed E-state index contributed by atoms with van der Waals surface area (Å²) in [7, 11) is 0. The molecule has 0 atom stereocenters. The van der Waals surface area contributed by atoms with Gasteiger partial charge >= 0.3 is 0 Å². The van der Waals surface area contributed by atoms with Crippen molar-refractivity contribution in [1.29, 1.82) is 0 Å². The summed E-state index contributed by atoms with van der Waals surface area (Å²) >= 11 is 5.23. The Labute approximate surface area is 151 Å². The van der Waals surface area contributed by atoms with E-state index in [1.165, 1.54) is 4.90 Å². The van der Waals surface area contributed by atoms with Crippen molar-refractivity contribution in [3.8, 4) is 0 Å². The van der Waals surface area contributed by atoms with E-state index in [9.17, 15) is 4.79 Å². The molecular weight excluding hydrogens is 386 g/mol. The molecule has 0 radical (unpaired) electrons. The summed E-state index contributed by atoms with van der Waals surface area (Å²) in [5, 5.41) is 6.33. The maximum Gasteiger partial charge on any atom is 0.220 e. The van der Waals surface area contributed by atoms with Crippen LogP contribution in [-0.2, 0) is 4.79 Å². The summed E-state index contributed by atoms with van der Waals surface area (Å²) in [6.07, 6.45) is 0.563. The van der Waals surface area contributed by atoms with Gasteiger partial charge in [0.05, 0.1) is 0 Å². The predicted molar refractivity (Wildman–Crippen MR) is 99.1 cm³/mol. The van der Waals surface area contributed by atoms with Crippen molar-refractivity contribution in [2.45, 2.75) is 11.3 Å². The van der Waals surface area contributed by atoms with Crippen LogP contribution in [-0.4, -0.2) is 55.8 Å². The highest BCUT2D eigenvalue weighted by molar-refractivity contribution is 9.10. The van der Waals surface area contributed by atoms with Crippen molar-refractivity contribution in [3.05, 3.63) is 28.7 Å². The van der Waals surface area contributed by atoms with Crippen molar-refractivity contribution < 1.29 is 4.79 Å². The molecule has 0 bridgehead atoms. The number of hydrogen-bond acceptors (Lipinski definition) is 4. The second kappa shape index (κ2) is 11.3. The summed E-state index contributed by atoms with van der Waals surface area (Å²) in [6.45, 7) is 5.96. The zero-order valence-corrected chi connectivity index (χ0v) is 15.7. The minimum Gasteiger partial charge on any atom is -0.355 e. The van der Waals surface area contributed by atoms with Crippen LogP contribution in [0.1, 0.15) is 6.42 Å². The first-order chi connectivity index (χ1) is 10.3. The molecule has 1 aromatic carbocycles. The molecule has 1 saturated heterocycles. The zero-order valence-electron chi connectivity index (χ0n) is 12.5. The van der Waals surface area contributed by atoms with Gasteiger partial charge in [0.1, 0.15) is 0 Å². The van der Waals surface area contributed by atoms with Gasteiger partial charge < -0.3 is 10.6 Å². The summed E-state index contributed by atoms with van der Waals surface area (Å²) in [5.41, 5.74) is 0. The molecule has 1 fully saturated rings. The van der Waals surface area contributed by atoms with Gasteiger partial charge in [-0.1, -0.05) is 12.1 Å². The van der Waals surface area contributed by atoms with Gasteiger partial charge in [-0.2, -0.15) is 0 Å². The summed E-state index contributed by atoms with van der Waals surface area (Å²) < 4.78 is 1.09. The highest BCUT2D eigenvalue weighted by Gasteiger charge is 2.09. The molecule has 4 nitrogen and oxygen atoms in total. The lowest BCUT2D eigenvalue weighted by molar-refractivity contribution is -0.120. The number of hydrogen-bond donors (Lipinski definition) is 2. The van der Waals surface area contributed by atoms with E-state index in [2.05, 4.69) is 37.5 Å². The maximum absolute atomic E-state index is 11.8. The molecule has 2 rings (SSSR count). The molecule has 7 heteroatoms. The van der Waals surface area contributed by atoms with E-state index in [4.69, 9.17) is 0 Å². The quantitative estimate of drug-likeness (QED) is 0.680. The number of carbonyl (C=O) groups is 1. The maximum atomic E-state index is 11.8. The Morgan fingerprint density at radius 2 is 2.05 bits per heavy atom. The Balaban J connectivity index is 0.00000242. The summed E-state index contributed by atoms with van der Waals surface area (Å²) in [5.74, 6) is 0.951. The predicted octanol–water partition coefficient (Wildman–Crippen LogP) is 2.37. The molecule has 2 N–H and O–H groups in total. The number of thioether (sulfide) groups is 1. The number of halogens is 2. The van der Waals surface area contributed by atoms with Crippen LogP contribution in [0.15, 0.2) is 33.6 Å². The largest absolute Gasteiger partial charge is 0.355 e. The Kier molecular flexibility index (Phi) is 10.2. The number of amides is 1. The molecular formula is C15H23BrClN3OS. The minimum absolute atomic E-state index is 0. The van der Waals surface area contributed by atoms with E-state index in [-0.39, 0.29) is 18.3 Å². The van der Waals surface area contributed by atoms with Crippen LogP contribution < -0.4 is 10.6 Å². The molecule has 0 aromatic heterocycles. The van der Waals surface area contributed by atoms with Crippen LogP contribution in [0.2, 0.25) is 0 Å². The molecule has 0 spiro atoms. The number of carbonyl (C=O) groups excluding carboxylic acids is 1. The lowest BCUT2D eigenvalue weighted by Crippen LogP contribution is -2.46. The molecule has 22 heavy (non-hydrogen) atoms. The highest BCUT2D eigenvalue weighted by atomic mass is 79.9. The molecule has 1 aromatic rings. The second-order valence-electron chi connectivity index (χ2n) is 4.97. The van der Waals surface area contributed by atoms with Crippen LogP contribution in [0.25, 0.3) is 0 Å². The fourth-order valence-corrected chi connectivity index (χ4v) is 3.71. The van der Waals surface area contributed by atoms with E-state index in [1.54, 1.807) is 11.8 Å². The van der Waals surface area contributed by atoms with Gasteiger partial charge in [-0.15, -0.1) is 24.2 Å². The van der Waals surface area contributed by atoms with Crippen LogP contribution in [0, 0.1) is 0 Å². The van der Waals surface area contributed by atoms with Gasteiger partial charge in [-0.3, -0.25) is 9.69 Å². The highest BCUT2D eigenvalue weighted by Crippen LogP contribution is 2.27. The Morgan fingerprint density at radius 3 is 2.77 bits per heavy atom. The van der Waals surface area contributed by atoms with Crippen LogP contribution in [0.3, 0.4) is 0 Å². The SMILES string of the molecule is Cl.O=C(CCSc1ccccc1Br)NCCN1CCNCC1. The Bertz CT molecular complexity index is 458. The molecule has 1 aliphatic heterocycles. The van der Waals surface area contributed by atoms with Crippen molar-refractivity contribution >= 4 is 46.0 Å². The first-order valence-electron chi connectivity index (χ1n) is 7.33. The first-order valence-corrected chi connectivity index (χ1v) is 9.10. The summed E-state index contributed by atoms with van der Waals surface area (Å²) in [6, 6.07) is 8.10. The number of piperazine rings is 1. The van der Waals surface area contributed by atoms with Crippen LogP contribution >= 0.6 is 40.1 Å². The standard InChI is InChI=1S/C15H22BrN3OS.ClH/c16-13-3-1-2-4-14(13)21-12-5-15(20)18-8-11-19-9-6-17-7-10-19;/h1-4,17H,5-12H2,(H,18,20);1H. The van der Waals surface area contributed by atoms with Gasteiger partial charge in [0.15, 0.2) is 0 Å². The molecule has 1 heterocycles. The van der Waals surface area contributed by atoms with E-state index in [0.29, 0.717) is 6.42 Å². The van der Waals surface area contributed by atoms with Crippen molar-refractivity contribution in [3.63, 3.8) is 0 Å². The minimum atomic E-state index is 0. The van der Waals surface area contributed by atoms with Crippen LogP contribution in [0.4, 0.5) is 0 Å². The number of nitrogens with one attached hydrogen (secondary N) is 2. The number of nitrogens with zero attached hydrogens (tertiary/aromatic N) is 1. The lowest BCUT2D eigenvalue weighted by atomic mass is 10.3. The normalized spacial score (nSPS) is 15.1. The zero-order chi connectivity index (χ0) is 14.9. The van der Waals surface area contributed by atoms with Gasteiger partial charge in [0.25, 0.3) is 0 Å². The van der Waals surface area contributed by atoms with Crippen molar-refractivity contribution in [1.82, 2.24) is 15.5 Å². The Hall–Kier alpha value is -0.270. The third kappa shape index (κ3) is 7.33. The average Bonchev–Trinajstić information content (AvgIpc) is 2.50. The van der Waals surface area contributed by atoms with Crippen molar-refractivity contribution in [2.75, 3.05) is 45.0 Å². The fourth-order valence-electron chi connectivity index (χ4n) is 2.19. The molecule has 124 valence electrons. The fraction of sp³-hybridized carbons (Fsp3) is 0.533. The first kappa shape index (κ1) is 19.8. The topological polar surface area (TPSA) is 44.4 Å². The van der Waals surface area contributed by atoms with Gasteiger partial charge in [-0.05, 0) is 28.1 Å². The summed E-state index contributed by atoms with van der Waals surface area (Å²) in [4.78, 5) is 15.4. The molecule has 0 aliphatic carbocycles.